The highest BCUT2D eigenvalue weighted by atomic mass is 32.1. The summed E-state index contributed by atoms with van der Waals surface area (Å²) in [5, 5.41) is 3.66. The van der Waals surface area contributed by atoms with Crippen molar-refractivity contribution in [2.45, 2.75) is 39.3 Å². The molecule has 1 aromatic carbocycles. The van der Waals surface area contributed by atoms with E-state index in [4.69, 9.17) is 0 Å². The maximum Gasteiger partial charge on any atom is 0.123 e. The van der Waals surface area contributed by atoms with Gasteiger partial charge in [-0.2, -0.15) is 0 Å². The van der Waals surface area contributed by atoms with Crippen molar-refractivity contribution in [1.82, 2.24) is 5.32 Å². The van der Waals surface area contributed by atoms with Crippen LogP contribution in [0.2, 0.25) is 0 Å². The lowest BCUT2D eigenvalue weighted by molar-refractivity contribution is 0.481. The maximum absolute atomic E-state index is 13.0. The molecule has 1 nitrogen and oxygen atoms in total. The van der Waals surface area contributed by atoms with Crippen LogP contribution in [0.3, 0.4) is 0 Å². The second-order valence-electron chi connectivity index (χ2n) is 5.70. The Bertz CT molecular complexity index is 564. The number of nitrogens with one attached hydrogen (secondary N) is 1. The fourth-order valence-corrected chi connectivity index (χ4v) is 3.61. The molecule has 1 fully saturated rings. The van der Waals surface area contributed by atoms with E-state index in [0.717, 1.165) is 6.54 Å². The van der Waals surface area contributed by atoms with Crippen LogP contribution in [0.25, 0.3) is 0 Å². The molecule has 1 aliphatic carbocycles. The third kappa shape index (κ3) is 3.10. The Kier molecular flexibility index (Phi) is 3.90. The van der Waals surface area contributed by atoms with Gasteiger partial charge in [0, 0.05) is 22.3 Å². The number of benzene rings is 1. The van der Waals surface area contributed by atoms with Gasteiger partial charge in [0.25, 0.3) is 0 Å². The molecule has 0 radical (unpaired) electrons. The van der Waals surface area contributed by atoms with E-state index < -0.39 is 0 Å². The van der Waals surface area contributed by atoms with Crippen molar-refractivity contribution in [1.29, 1.82) is 0 Å². The molecule has 0 bridgehead atoms. The fraction of sp³-hybridized carbons (Fsp3) is 0.412. The lowest BCUT2D eigenvalue weighted by Gasteiger charge is -2.18. The zero-order valence-corrected chi connectivity index (χ0v) is 12.8. The summed E-state index contributed by atoms with van der Waals surface area (Å²) in [6, 6.07) is 9.57. The van der Waals surface area contributed by atoms with Crippen LogP contribution >= 0.6 is 11.3 Å². The van der Waals surface area contributed by atoms with Gasteiger partial charge < -0.3 is 5.32 Å². The van der Waals surface area contributed by atoms with Gasteiger partial charge in [-0.3, -0.25) is 0 Å². The van der Waals surface area contributed by atoms with Gasteiger partial charge in [0.2, 0.25) is 0 Å². The highest BCUT2D eigenvalue weighted by Gasteiger charge is 2.31. The molecule has 1 saturated carbocycles. The predicted octanol–water partition coefficient (Wildman–Crippen LogP) is 4.74. The summed E-state index contributed by atoms with van der Waals surface area (Å²) >= 11 is 1.86. The average Bonchev–Trinajstić information content (AvgIpc) is 3.20. The number of hydrogen-bond donors (Lipinski definition) is 1. The fourth-order valence-electron chi connectivity index (χ4n) is 2.60. The minimum atomic E-state index is -0.159. The van der Waals surface area contributed by atoms with E-state index >= 15 is 0 Å². The second kappa shape index (κ2) is 5.66. The van der Waals surface area contributed by atoms with Gasteiger partial charge in [0.05, 0.1) is 0 Å². The van der Waals surface area contributed by atoms with Gasteiger partial charge in [-0.05, 0) is 61.9 Å². The van der Waals surface area contributed by atoms with E-state index in [2.05, 4.69) is 25.2 Å². The Balaban J connectivity index is 1.70. The van der Waals surface area contributed by atoms with Crippen LogP contribution in [0.15, 0.2) is 30.3 Å². The van der Waals surface area contributed by atoms with E-state index in [1.807, 2.05) is 23.5 Å². The Morgan fingerprint density at radius 1 is 1.25 bits per heavy atom. The van der Waals surface area contributed by atoms with Crippen molar-refractivity contribution in [3.63, 3.8) is 0 Å². The summed E-state index contributed by atoms with van der Waals surface area (Å²) < 4.78 is 13.0. The van der Waals surface area contributed by atoms with Crippen molar-refractivity contribution in [3.05, 3.63) is 57.0 Å². The second-order valence-corrected chi connectivity index (χ2v) is 7.04. The Morgan fingerprint density at radius 2 is 1.95 bits per heavy atom. The Hall–Kier alpha value is -1.19. The molecule has 0 amide bonds. The topological polar surface area (TPSA) is 12.0 Å². The molecule has 0 spiro atoms. The Morgan fingerprint density at radius 3 is 2.50 bits per heavy atom. The molecule has 20 heavy (non-hydrogen) atoms. The van der Waals surface area contributed by atoms with Gasteiger partial charge in [-0.25, -0.2) is 4.39 Å². The molecule has 1 aromatic heterocycles. The molecule has 3 rings (SSSR count). The smallest absolute Gasteiger partial charge is 0.123 e. The molecule has 2 aromatic rings. The monoisotopic (exact) mass is 289 g/mol. The van der Waals surface area contributed by atoms with Crippen molar-refractivity contribution in [2.75, 3.05) is 0 Å². The van der Waals surface area contributed by atoms with Gasteiger partial charge >= 0.3 is 0 Å². The largest absolute Gasteiger partial charge is 0.305 e. The normalized spacial score (nSPS) is 16.4. The predicted molar refractivity (Wildman–Crippen MR) is 82.5 cm³/mol. The highest BCUT2D eigenvalue weighted by Crippen LogP contribution is 2.41. The van der Waals surface area contributed by atoms with E-state index in [9.17, 15) is 4.39 Å². The van der Waals surface area contributed by atoms with Crippen LogP contribution in [0.1, 0.15) is 39.8 Å². The number of aryl methyl sites for hydroxylation is 2. The van der Waals surface area contributed by atoms with Crippen LogP contribution in [0.4, 0.5) is 4.39 Å². The summed E-state index contributed by atoms with van der Waals surface area (Å²) in [5.41, 5.74) is 2.58. The van der Waals surface area contributed by atoms with E-state index in [-0.39, 0.29) is 5.82 Å². The molecular weight excluding hydrogens is 269 g/mol. The van der Waals surface area contributed by atoms with Crippen LogP contribution in [0.5, 0.6) is 0 Å². The van der Waals surface area contributed by atoms with Gasteiger partial charge in [-0.1, -0.05) is 12.1 Å². The summed E-state index contributed by atoms with van der Waals surface area (Å²) in [4.78, 5) is 2.78. The minimum absolute atomic E-state index is 0.159. The lowest BCUT2D eigenvalue weighted by Crippen LogP contribution is -2.22. The summed E-state index contributed by atoms with van der Waals surface area (Å²) in [6.07, 6.45) is 2.55. The minimum Gasteiger partial charge on any atom is -0.305 e. The van der Waals surface area contributed by atoms with Crippen molar-refractivity contribution < 1.29 is 4.39 Å². The lowest BCUT2D eigenvalue weighted by atomic mass is 10.0. The van der Waals surface area contributed by atoms with Crippen molar-refractivity contribution in [3.8, 4) is 0 Å². The van der Waals surface area contributed by atoms with E-state index in [0.29, 0.717) is 12.0 Å². The number of thiophene rings is 1. The number of halogens is 1. The molecule has 0 aliphatic heterocycles. The standard InChI is InChI=1S/C17H20FNS/c1-11-9-16(20-12(11)2)10-19-17(13-3-4-13)14-5-7-15(18)8-6-14/h5-9,13,17,19H,3-4,10H2,1-2H3. The molecule has 1 heterocycles. The highest BCUT2D eigenvalue weighted by molar-refractivity contribution is 7.12. The van der Waals surface area contributed by atoms with E-state index in [1.165, 1.54) is 33.7 Å². The quantitative estimate of drug-likeness (QED) is 0.838. The molecule has 1 N–H and O–H groups in total. The molecule has 1 unspecified atom stereocenters. The SMILES string of the molecule is Cc1cc(CNC(c2ccc(F)cc2)C2CC2)sc1C. The van der Waals surface area contributed by atoms with Crippen LogP contribution in [-0.2, 0) is 6.54 Å². The average molecular weight is 289 g/mol. The molecule has 3 heteroatoms. The zero-order chi connectivity index (χ0) is 14.1. The zero-order valence-electron chi connectivity index (χ0n) is 11.9. The molecular formula is C17H20FNS. The third-order valence-electron chi connectivity index (χ3n) is 4.04. The number of rotatable bonds is 5. The Labute approximate surface area is 123 Å². The first-order valence-electron chi connectivity index (χ1n) is 7.18. The first-order valence-corrected chi connectivity index (χ1v) is 8.00. The van der Waals surface area contributed by atoms with Crippen LogP contribution in [0, 0.1) is 25.6 Å². The third-order valence-corrected chi connectivity index (χ3v) is 5.19. The van der Waals surface area contributed by atoms with Crippen molar-refractivity contribution >= 4 is 11.3 Å². The van der Waals surface area contributed by atoms with Gasteiger partial charge in [0.15, 0.2) is 0 Å². The summed E-state index contributed by atoms with van der Waals surface area (Å²) in [5.74, 6) is 0.551. The number of hydrogen-bond acceptors (Lipinski definition) is 2. The van der Waals surface area contributed by atoms with Gasteiger partial charge in [0.1, 0.15) is 5.82 Å². The van der Waals surface area contributed by atoms with E-state index in [1.54, 1.807) is 12.1 Å². The summed E-state index contributed by atoms with van der Waals surface area (Å²) in [7, 11) is 0. The van der Waals surface area contributed by atoms with Crippen molar-refractivity contribution in [2.24, 2.45) is 5.92 Å². The molecule has 106 valence electrons. The summed E-state index contributed by atoms with van der Waals surface area (Å²) in [6.45, 7) is 5.23. The maximum atomic E-state index is 13.0. The van der Waals surface area contributed by atoms with Crippen LogP contribution < -0.4 is 5.32 Å². The van der Waals surface area contributed by atoms with Crippen LogP contribution in [-0.4, -0.2) is 0 Å². The molecule has 0 saturated heterocycles. The van der Waals surface area contributed by atoms with Gasteiger partial charge in [-0.15, -0.1) is 11.3 Å². The molecule has 1 atom stereocenters. The first-order chi connectivity index (χ1) is 9.63. The molecule has 1 aliphatic rings. The first kappa shape index (κ1) is 13.8.